The third kappa shape index (κ3) is 2.44. The first-order chi connectivity index (χ1) is 6.70. The van der Waals surface area contributed by atoms with Gasteiger partial charge in [0.2, 0.25) is 0 Å². The number of rotatable bonds is 4. The van der Waals surface area contributed by atoms with Crippen molar-refractivity contribution in [1.82, 2.24) is 9.55 Å². The van der Waals surface area contributed by atoms with Crippen molar-refractivity contribution in [3.63, 3.8) is 0 Å². The number of hydrogen-bond donors (Lipinski definition) is 0. The fourth-order valence-electron chi connectivity index (χ4n) is 1.31. The van der Waals surface area contributed by atoms with Gasteiger partial charge in [0.25, 0.3) is 5.56 Å². The van der Waals surface area contributed by atoms with Crippen molar-refractivity contribution < 1.29 is 0 Å². The smallest absolute Gasteiger partial charge is 0.267 e. The van der Waals surface area contributed by atoms with Gasteiger partial charge in [-0.15, -0.1) is 0 Å². The van der Waals surface area contributed by atoms with Crippen LogP contribution in [0.25, 0.3) is 0 Å². The lowest BCUT2D eigenvalue weighted by molar-refractivity contribution is 0.629. The van der Waals surface area contributed by atoms with E-state index in [1.165, 1.54) is 0 Å². The van der Waals surface area contributed by atoms with Crippen LogP contribution in [0.4, 0.5) is 0 Å². The Hall–Kier alpha value is -0.640. The van der Waals surface area contributed by atoms with E-state index in [4.69, 9.17) is 0 Å². The van der Waals surface area contributed by atoms with Crippen LogP contribution in [0, 0.1) is 0 Å². The summed E-state index contributed by atoms with van der Waals surface area (Å²) in [4.78, 5) is 16.0. The average molecular weight is 259 g/mol. The minimum atomic E-state index is 0.0327. The van der Waals surface area contributed by atoms with E-state index < -0.39 is 0 Å². The molecule has 1 rings (SSSR count). The van der Waals surface area contributed by atoms with Crippen LogP contribution in [-0.2, 0) is 13.0 Å². The summed E-state index contributed by atoms with van der Waals surface area (Å²) in [6.45, 7) is 4.85. The number of aryl methyl sites for hydroxylation is 2. The average Bonchev–Trinajstić information content (AvgIpc) is 2.18. The molecule has 0 aliphatic rings. The second-order valence-corrected chi connectivity index (χ2v) is 4.05. The summed E-state index contributed by atoms with van der Waals surface area (Å²) in [5, 5.41) is 0. The zero-order valence-corrected chi connectivity index (χ0v) is 10.2. The summed E-state index contributed by atoms with van der Waals surface area (Å²) in [7, 11) is 0. The molecule has 3 nitrogen and oxygen atoms in total. The number of nitrogens with zero attached hydrogens (tertiary/aromatic N) is 2. The van der Waals surface area contributed by atoms with Crippen molar-refractivity contribution in [2.24, 2.45) is 0 Å². The van der Waals surface area contributed by atoms with E-state index in [0.717, 1.165) is 31.5 Å². The number of aromatic nitrogens is 2. The Balaban J connectivity index is 3.06. The van der Waals surface area contributed by atoms with Gasteiger partial charge < -0.3 is 0 Å². The summed E-state index contributed by atoms with van der Waals surface area (Å²) < 4.78 is 2.26. The number of hydrogen-bond acceptors (Lipinski definition) is 2. The highest BCUT2D eigenvalue weighted by Gasteiger charge is 2.07. The van der Waals surface area contributed by atoms with Gasteiger partial charge in [-0.2, -0.15) is 0 Å². The first kappa shape index (κ1) is 11.4. The van der Waals surface area contributed by atoms with Crippen LogP contribution in [0.5, 0.6) is 0 Å². The van der Waals surface area contributed by atoms with E-state index in [-0.39, 0.29) is 5.56 Å². The lowest BCUT2D eigenvalue weighted by Gasteiger charge is -2.06. The predicted molar refractivity (Wildman–Crippen MR) is 60.5 cm³/mol. The zero-order chi connectivity index (χ0) is 10.6. The van der Waals surface area contributed by atoms with Crippen LogP contribution in [-0.4, -0.2) is 9.55 Å². The van der Waals surface area contributed by atoms with Crippen molar-refractivity contribution >= 4 is 15.9 Å². The van der Waals surface area contributed by atoms with Gasteiger partial charge in [-0.05, 0) is 28.8 Å². The second kappa shape index (κ2) is 5.29. The fraction of sp³-hybridized carbons (Fsp3) is 0.600. The van der Waals surface area contributed by atoms with Gasteiger partial charge in [0.15, 0.2) is 0 Å². The molecule has 0 saturated heterocycles. The Labute approximate surface area is 92.3 Å². The van der Waals surface area contributed by atoms with Crippen LogP contribution < -0.4 is 5.56 Å². The van der Waals surface area contributed by atoms with Gasteiger partial charge in [-0.25, -0.2) is 4.98 Å². The van der Waals surface area contributed by atoms with Crippen molar-refractivity contribution in [1.29, 1.82) is 0 Å². The van der Waals surface area contributed by atoms with Crippen molar-refractivity contribution in [2.75, 3.05) is 0 Å². The normalized spacial score (nSPS) is 10.5. The van der Waals surface area contributed by atoms with Crippen LogP contribution in [0.3, 0.4) is 0 Å². The maximum atomic E-state index is 11.7. The Kier molecular flexibility index (Phi) is 4.32. The van der Waals surface area contributed by atoms with E-state index in [1.807, 2.05) is 6.92 Å². The summed E-state index contributed by atoms with van der Waals surface area (Å²) >= 11 is 3.31. The van der Waals surface area contributed by atoms with Crippen molar-refractivity contribution in [3.8, 4) is 0 Å². The monoisotopic (exact) mass is 258 g/mol. The molecule has 1 aromatic rings. The molecule has 4 heteroatoms. The Morgan fingerprint density at radius 3 is 2.71 bits per heavy atom. The third-order valence-corrected chi connectivity index (χ3v) is 2.80. The van der Waals surface area contributed by atoms with Gasteiger partial charge in [-0.1, -0.05) is 20.3 Å². The second-order valence-electron chi connectivity index (χ2n) is 3.25. The molecule has 0 radical (unpaired) electrons. The zero-order valence-electron chi connectivity index (χ0n) is 8.59. The molecule has 1 aromatic heterocycles. The van der Waals surface area contributed by atoms with Gasteiger partial charge in [0.05, 0.1) is 12.0 Å². The molecule has 0 atom stereocenters. The molecule has 0 aliphatic carbocycles. The van der Waals surface area contributed by atoms with Crippen molar-refractivity contribution in [2.45, 2.75) is 39.7 Å². The molecule has 0 unspecified atom stereocenters. The standard InChI is InChI=1S/C10H15BrN2O/c1-3-5-8-9(11)10(14)13(6-4-2)7-12-8/h7H,3-6H2,1-2H3. The van der Waals surface area contributed by atoms with Gasteiger partial charge in [-0.3, -0.25) is 9.36 Å². The van der Waals surface area contributed by atoms with E-state index >= 15 is 0 Å². The molecule has 1 heterocycles. The van der Waals surface area contributed by atoms with E-state index in [0.29, 0.717) is 4.47 Å². The van der Waals surface area contributed by atoms with Crippen LogP contribution in [0.15, 0.2) is 15.6 Å². The van der Waals surface area contributed by atoms with E-state index in [1.54, 1.807) is 10.9 Å². The van der Waals surface area contributed by atoms with Gasteiger partial charge in [0, 0.05) is 6.54 Å². The Morgan fingerprint density at radius 1 is 1.43 bits per heavy atom. The highest BCUT2D eigenvalue weighted by molar-refractivity contribution is 9.10. The highest BCUT2D eigenvalue weighted by atomic mass is 79.9. The molecule has 0 bridgehead atoms. The fourth-order valence-corrected chi connectivity index (χ4v) is 1.84. The van der Waals surface area contributed by atoms with Crippen LogP contribution >= 0.6 is 15.9 Å². The summed E-state index contributed by atoms with van der Waals surface area (Å²) in [6, 6.07) is 0. The minimum absolute atomic E-state index is 0.0327. The molecule has 78 valence electrons. The molecule has 0 fully saturated rings. The maximum Gasteiger partial charge on any atom is 0.267 e. The predicted octanol–water partition coefficient (Wildman–Crippen LogP) is 2.37. The van der Waals surface area contributed by atoms with E-state index in [2.05, 4.69) is 27.8 Å². The molecule has 0 aliphatic heterocycles. The van der Waals surface area contributed by atoms with Crippen LogP contribution in [0.2, 0.25) is 0 Å². The molecule has 0 aromatic carbocycles. The van der Waals surface area contributed by atoms with E-state index in [9.17, 15) is 4.79 Å². The lowest BCUT2D eigenvalue weighted by atomic mass is 10.2. The molecular formula is C10H15BrN2O. The van der Waals surface area contributed by atoms with Crippen LogP contribution in [0.1, 0.15) is 32.4 Å². The third-order valence-electron chi connectivity index (χ3n) is 2.01. The summed E-state index contributed by atoms with van der Waals surface area (Å²) in [6.07, 6.45) is 4.44. The van der Waals surface area contributed by atoms with Gasteiger partial charge >= 0.3 is 0 Å². The first-order valence-corrected chi connectivity index (χ1v) is 5.73. The lowest BCUT2D eigenvalue weighted by Crippen LogP contribution is -2.22. The molecule has 0 amide bonds. The molecular weight excluding hydrogens is 244 g/mol. The Bertz CT molecular complexity index is 360. The van der Waals surface area contributed by atoms with Gasteiger partial charge in [0.1, 0.15) is 4.47 Å². The molecule has 14 heavy (non-hydrogen) atoms. The largest absolute Gasteiger partial charge is 0.298 e. The summed E-state index contributed by atoms with van der Waals surface area (Å²) in [5.74, 6) is 0. The molecule has 0 saturated carbocycles. The maximum absolute atomic E-state index is 11.7. The molecule has 0 spiro atoms. The quantitative estimate of drug-likeness (QED) is 0.832. The SMILES string of the molecule is CCCc1ncn(CCC)c(=O)c1Br. The minimum Gasteiger partial charge on any atom is -0.298 e. The number of halogens is 1. The first-order valence-electron chi connectivity index (χ1n) is 4.94. The van der Waals surface area contributed by atoms with Crippen molar-refractivity contribution in [3.05, 3.63) is 26.8 Å². The topological polar surface area (TPSA) is 34.9 Å². The molecule has 0 N–H and O–H groups in total. The Morgan fingerprint density at radius 2 is 2.14 bits per heavy atom. The highest BCUT2D eigenvalue weighted by Crippen LogP contribution is 2.10. The summed E-state index contributed by atoms with van der Waals surface area (Å²) in [5.41, 5.74) is 0.898.